The van der Waals surface area contributed by atoms with Crippen molar-refractivity contribution in [2.24, 2.45) is 5.73 Å². The lowest BCUT2D eigenvalue weighted by atomic mass is 10.0. The fraction of sp³-hybridized carbons (Fsp3) is 0.294. The highest BCUT2D eigenvalue weighted by molar-refractivity contribution is 9.10. The zero-order valence-corrected chi connectivity index (χ0v) is 13.6. The van der Waals surface area contributed by atoms with Gasteiger partial charge in [-0.3, -0.25) is 0 Å². The van der Waals surface area contributed by atoms with E-state index in [-0.39, 0.29) is 11.9 Å². The third-order valence-corrected chi connectivity index (χ3v) is 3.97. The molecule has 2 aromatic rings. The van der Waals surface area contributed by atoms with E-state index in [0.717, 1.165) is 29.7 Å². The van der Waals surface area contributed by atoms with Gasteiger partial charge in [0, 0.05) is 6.04 Å². The Morgan fingerprint density at radius 2 is 2.00 bits per heavy atom. The smallest absolute Gasteiger partial charge is 0.137 e. The topological polar surface area (TPSA) is 35.2 Å². The number of hydrogen-bond acceptors (Lipinski definition) is 2. The van der Waals surface area contributed by atoms with Crippen LogP contribution in [0.15, 0.2) is 46.9 Å². The first-order valence-electron chi connectivity index (χ1n) is 7.00. The minimum absolute atomic E-state index is 0.134. The van der Waals surface area contributed by atoms with Gasteiger partial charge in [-0.2, -0.15) is 0 Å². The fourth-order valence-electron chi connectivity index (χ4n) is 2.03. The summed E-state index contributed by atoms with van der Waals surface area (Å²) in [6, 6.07) is 12.9. The van der Waals surface area contributed by atoms with Crippen LogP contribution in [0.1, 0.15) is 24.5 Å². The molecule has 1 atom stereocenters. The minimum atomic E-state index is -0.270. The van der Waals surface area contributed by atoms with Crippen LogP contribution < -0.4 is 10.5 Å². The summed E-state index contributed by atoms with van der Waals surface area (Å²) in [5, 5.41) is 0. The van der Waals surface area contributed by atoms with E-state index in [9.17, 15) is 4.39 Å². The van der Waals surface area contributed by atoms with E-state index in [1.54, 1.807) is 12.1 Å². The molecular formula is C17H19BrFNO. The van der Waals surface area contributed by atoms with E-state index in [4.69, 9.17) is 10.5 Å². The Morgan fingerprint density at radius 1 is 1.24 bits per heavy atom. The molecule has 21 heavy (non-hydrogen) atoms. The van der Waals surface area contributed by atoms with E-state index in [0.29, 0.717) is 11.1 Å². The number of benzene rings is 2. The maximum atomic E-state index is 13.2. The Labute approximate surface area is 133 Å². The third-order valence-electron chi connectivity index (χ3n) is 3.36. The van der Waals surface area contributed by atoms with Crippen molar-refractivity contribution >= 4 is 15.9 Å². The summed E-state index contributed by atoms with van der Waals surface area (Å²) in [5.41, 5.74) is 8.03. The van der Waals surface area contributed by atoms with Crippen molar-refractivity contribution in [1.29, 1.82) is 0 Å². The van der Waals surface area contributed by atoms with Crippen molar-refractivity contribution in [3.8, 4) is 5.75 Å². The number of nitrogens with two attached hydrogens (primary N) is 1. The lowest BCUT2D eigenvalue weighted by molar-refractivity contribution is 0.302. The molecule has 0 radical (unpaired) electrons. The van der Waals surface area contributed by atoms with Crippen LogP contribution in [0, 0.1) is 5.82 Å². The Morgan fingerprint density at radius 3 is 2.71 bits per heavy atom. The Hall–Kier alpha value is -1.39. The SMILES string of the molecule is CCC(N)Cc1ccccc1OCc1ccc(F)c(Br)c1. The first kappa shape index (κ1) is 16.0. The summed E-state index contributed by atoms with van der Waals surface area (Å²) >= 11 is 3.18. The van der Waals surface area contributed by atoms with Crippen LogP contribution in [0.5, 0.6) is 5.75 Å². The molecule has 0 aliphatic carbocycles. The van der Waals surface area contributed by atoms with E-state index < -0.39 is 0 Å². The van der Waals surface area contributed by atoms with Crippen molar-refractivity contribution < 1.29 is 9.13 Å². The second-order valence-electron chi connectivity index (χ2n) is 5.02. The van der Waals surface area contributed by atoms with Gasteiger partial charge >= 0.3 is 0 Å². The van der Waals surface area contributed by atoms with Crippen molar-refractivity contribution in [2.45, 2.75) is 32.4 Å². The Kier molecular flexibility index (Phi) is 5.76. The second-order valence-corrected chi connectivity index (χ2v) is 5.87. The number of hydrogen-bond donors (Lipinski definition) is 1. The van der Waals surface area contributed by atoms with Crippen LogP contribution >= 0.6 is 15.9 Å². The molecule has 0 aromatic heterocycles. The van der Waals surface area contributed by atoms with Gasteiger partial charge in [-0.25, -0.2) is 4.39 Å². The zero-order valence-electron chi connectivity index (χ0n) is 12.0. The third kappa shape index (κ3) is 4.55. The van der Waals surface area contributed by atoms with Crippen molar-refractivity contribution in [1.82, 2.24) is 0 Å². The quantitative estimate of drug-likeness (QED) is 0.834. The minimum Gasteiger partial charge on any atom is -0.489 e. The summed E-state index contributed by atoms with van der Waals surface area (Å²) in [5.74, 6) is 0.565. The molecule has 2 N–H and O–H groups in total. The van der Waals surface area contributed by atoms with Gasteiger partial charge in [0.1, 0.15) is 18.2 Å². The van der Waals surface area contributed by atoms with E-state index in [1.165, 1.54) is 6.07 Å². The summed E-state index contributed by atoms with van der Waals surface area (Å²) in [7, 11) is 0. The van der Waals surface area contributed by atoms with Gasteiger partial charge in [0.25, 0.3) is 0 Å². The highest BCUT2D eigenvalue weighted by atomic mass is 79.9. The first-order chi connectivity index (χ1) is 10.1. The van der Waals surface area contributed by atoms with Crippen molar-refractivity contribution in [3.63, 3.8) is 0 Å². The monoisotopic (exact) mass is 351 g/mol. The number of para-hydroxylation sites is 1. The van der Waals surface area contributed by atoms with Gasteiger partial charge in [-0.1, -0.05) is 31.2 Å². The number of halogens is 2. The highest BCUT2D eigenvalue weighted by Crippen LogP contribution is 2.22. The number of ether oxygens (including phenoxy) is 1. The van der Waals surface area contributed by atoms with Crippen LogP contribution in [0.2, 0.25) is 0 Å². The molecular weight excluding hydrogens is 333 g/mol. The molecule has 0 fully saturated rings. The molecule has 0 heterocycles. The lowest BCUT2D eigenvalue weighted by Gasteiger charge is -2.14. The maximum Gasteiger partial charge on any atom is 0.137 e. The molecule has 2 nitrogen and oxygen atoms in total. The molecule has 0 aliphatic rings. The predicted octanol–water partition coefficient (Wildman–Crippen LogP) is 4.45. The summed E-state index contributed by atoms with van der Waals surface area (Å²) in [6.45, 7) is 2.47. The van der Waals surface area contributed by atoms with Crippen molar-refractivity contribution in [3.05, 3.63) is 63.9 Å². The summed E-state index contributed by atoms with van der Waals surface area (Å²) < 4.78 is 19.5. The van der Waals surface area contributed by atoms with Gasteiger partial charge in [0.2, 0.25) is 0 Å². The molecule has 0 spiro atoms. The standard InChI is InChI=1S/C17H19BrFNO/c1-2-14(20)10-13-5-3-4-6-17(13)21-11-12-7-8-16(19)15(18)9-12/h3-9,14H,2,10-11,20H2,1H3. The normalized spacial score (nSPS) is 12.2. The molecule has 0 bridgehead atoms. The van der Waals surface area contributed by atoms with Crippen LogP contribution in [0.25, 0.3) is 0 Å². The average molecular weight is 352 g/mol. The van der Waals surface area contributed by atoms with Crippen LogP contribution in [0.4, 0.5) is 4.39 Å². The van der Waals surface area contributed by atoms with Crippen LogP contribution in [-0.4, -0.2) is 6.04 Å². The first-order valence-corrected chi connectivity index (χ1v) is 7.79. The van der Waals surface area contributed by atoms with Crippen LogP contribution in [-0.2, 0) is 13.0 Å². The molecule has 2 aromatic carbocycles. The van der Waals surface area contributed by atoms with E-state index in [2.05, 4.69) is 22.9 Å². The lowest BCUT2D eigenvalue weighted by Crippen LogP contribution is -2.21. The molecule has 4 heteroatoms. The second kappa shape index (κ2) is 7.57. The van der Waals surface area contributed by atoms with Crippen LogP contribution in [0.3, 0.4) is 0 Å². The average Bonchev–Trinajstić information content (AvgIpc) is 2.49. The highest BCUT2D eigenvalue weighted by Gasteiger charge is 2.08. The number of rotatable bonds is 6. The van der Waals surface area contributed by atoms with Gasteiger partial charge in [0.15, 0.2) is 0 Å². The molecule has 112 valence electrons. The summed E-state index contributed by atoms with van der Waals surface area (Å²) in [6.07, 6.45) is 1.72. The van der Waals surface area contributed by atoms with Gasteiger partial charge < -0.3 is 10.5 Å². The van der Waals surface area contributed by atoms with Crippen molar-refractivity contribution in [2.75, 3.05) is 0 Å². The van der Waals surface area contributed by atoms with E-state index >= 15 is 0 Å². The molecule has 0 saturated carbocycles. The van der Waals surface area contributed by atoms with Gasteiger partial charge in [-0.05, 0) is 58.1 Å². The Bertz CT molecular complexity index is 603. The molecule has 0 saturated heterocycles. The maximum absolute atomic E-state index is 13.2. The van der Waals surface area contributed by atoms with Gasteiger partial charge in [-0.15, -0.1) is 0 Å². The Balaban J connectivity index is 2.07. The molecule has 1 unspecified atom stereocenters. The van der Waals surface area contributed by atoms with Gasteiger partial charge in [0.05, 0.1) is 4.47 Å². The summed E-state index contributed by atoms with van der Waals surface area (Å²) in [4.78, 5) is 0. The zero-order chi connectivity index (χ0) is 15.2. The molecule has 2 rings (SSSR count). The predicted molar refractivity (Wildman–Crippen MR) is 86.8 cm³/mol. The largest absolute Gasteiger partial charge is 0.489 e. The molecule has 0 aliphatic heterocycles. The molecule has 0 amide bonds. The van der Waals surface area contributed by atoms with E-state index in [1.807, 2.05) is 24.3 Å². The fourth-order valence-corrected chi connectivity index (χ4v) is 2.46.